The Hall–Kier alpha value is -2.30. The Morgan fingerprint density at radius 3 is 2.38 bits per heavy atom. The van der Waals surface area contributed by atoms with Crippen molar-refractivity contribution in [3.8, 4) is 0 Å². The average Bonchev–Trinajstić information content (AvgIpc) is 2.89. The van der Waals surface area contributed by atoms with E-state index in [1.165, 1.54) is 12.8 Å². The highest BCUT2D eigenvalue weighted by atomic mass is 16.4. The number of fused-ring (bicyclic) bond motifs is 7. The zero-order valence-electron chi connectivity index (χ0n) is 25.6. The van der Waals surface area contributed by atoms with Crippen LogP contribution in [0.5, 0.6) is 0 Å². The van der Waals surface area contributed by atoms with Crippen molar-refractivity contribution in [3.05, 3.63) is 41.5 Å². The fourth-order valence-corrected chi connectivity index (χ4v) is 11.1. The molecule has 0 radical (unpaired) electrons. The van der Waals surface area contributed by atoms with Crippen LogP contribution in [0.25, 0.3) is 6.08 Å². The Kier molecular flexibility index (Phi) is 6.00. The molecule has 0 saturated heterocycles. The van der Waals surface area contributed by atoms with Crippen LogP contribution in [0.15, 0.2) is 35.8 Å². The van der Waals surface area contributed by atoms with Gasteiger partial charge in [-0.15, -0.1) is 0 Å². The minimum atomic E-state index is -0.640. The van der Waals surface area contributed by atoms with Gasteiger partial charge in [0.15, 0.2) is 5.78 Å². The number of allylic oxidation sites excluding steroid dienone is 3. The van der Waals surface area contributed by atoms with Crippen molar-refractivity contribution >= 4 is 17.8 Å². The standard InChI is InChI=1S/C35H48N2O3/c1-30(2)26-10-11-35(7)27(33(26,5)19-22(28(30)38)18-23-21-36-16-17-37-23)9-8-24-25-20-32(4,29(39)40)13-12-31(25,3)14-15-34(24,35)6/h8,16-18,21,25-27H,9-15,19-20H2,1-7H3,(H,39,40)/b22-18+/t25-,26-,27+,31+,32-,33-,34+,35+/m0/s1. The molecule has 8 atom stereocenters. The molecule has 216 valence electrons. The Morgan fingerprint density at radius 2 is 1.70 bits per heavy atom. The summed E-state index contributed by atoms with van der Waals surface area (Å²) in [5.74, 6) is 0.768. The van der Waals surface area contributed by atoms with E-state index in [9.17, 15) is 14.7 Å². The third-order valence-electron chi connectivity index (χ3n) is 13.8. The van der Waals surface area contributed by atoms with Crippen molar-refractivity contribution in [3.63, 3.8) is 0 Å². The van der Waals surface area contributed by atoms with E-state index in [1.54, 1.807) is 24.2 Å². The Morgan fingerprint density at radius 1 is 0.975 bits per heavy atom. The van der Waals surface area contributed by atoms with Crippen molar-refractivity contribution < 1.29 is 14.7 Å². The topological polar surface area (TPSA) is 80.2 Å². The predicted molar refractivity (Wildman–Crippen MR) is 157 cm³/mol. The van der Waals surface area contributed by atoms with Crippen LogP contribution >= 0.6 is 0 Å². The molecule has 5 heteroatoms. The maximum atomic E-state index is 13.9. The van der Waals surface area contributed by atoms with Gasteiger partial charge in [-0.2, -0.15) is 0 Å². The summed E-state index contributed by atoms with van der Waals surface area (Å²) in [7, 11) is 0. The summed E-state index contributed by atoms with van der Waals surface area (Å²) in [5, 5.41) is 10.2. The van der Waals surface area contributed by atoms with Gasteiger partial charge in [0, 0.05) is 17.8 Å². The van der Waals surface area contributed by atoms with Crippen molar-refractivity contribution in [2.24, 2.45) is 50.2 Å². The number of hydrogen-bond acceptors (Lipinski definition) is 4. The number of carbonyl (C=O) groups is 2. The Bertz CT molecular complexity index is 1310. The van der Waals surface area contributed by atoms with Crippen LogP contribution in [0.1, 0.15) is 112 Å². The SMILES string of the molecule is CC1(C)C(=O)/C(=C/c2cnccn2)C[C@]2(C)[C@H]3CC=C4[C@@H]5C[C@@](C)(C(=O)O)CC[C@]5(C)CC[C@@]4(C)[C@]3(C)CC[C@@H]12. The summed E-state index contributed by atoms with van der Waals surface area (Å²) in [6, 6.07) is 0. The third kappa shape index (κ3) is 3.57. The molecular formula is C35H48N2O3. The first-order valence-electron chi connectivity index (χ1n) is 15.6. The highest BCUT2D eigenvalue weighted by molar-refractivity contribution is 6.04. The average molecular weight is 545 g/mol. The molecule has 1 aromatic rings. The number of Topliss-reactive ketones (excluding diaryl/α,β-unsaturated/α-hetero) is 1. The quantitative estimate of drug-likeness (QED) is 0.302. The van der Waals surface area contributed by atoms with Gasteiger partial charge in [-0.05, 0) is 116 Å². The van der Waals surface area contributed by atoms with Crippen molar-refractivity contribution in [2.75, 3.05) is 0 Å². The molecule has 5 aliphatic rings. The number of carboxylic acids is 1. The minimum Gasteiger partial charge on any atom is -0.481 e. The van der Waals surface area contributed by atoms with E-state index in [0.29, 0.717) is 17.8 Å². The molecule has 0 bridgehead atoms. The summed E-state index contributed by atoms with van der Waals surface area (Å²) in [5.41, 5.74) is 2.49. The van der Waals surface area contributed by atoms with E-state index in [2.05, 4.69) is 57.6 Å². The number of carbonyl (C=O) groups excluding carboxylic acids is 1. The molecule has 40 heavy (non-hydrogen) atoms. The van der Waals surface area contributed by atoms with Crippen LogP contribution in [0.4, 0.5) is 0 Å². The molecule has 5 nitrogen and oxygen atoms in total. The van der Waals surface area contributed by atoms with Crippen LogP contribution in [0.3, 0.4) is 0 Å². The number of carboxylic acid groups (broad SMARTS) is 1. The summed E-state index contributed by atoms with van der Waals surface area (Å²) >= 11 is 0. The van der Waals surface area contributed by atoms with Gasteiger partial charge in [0.2, 0.25) is 0 Å². The van der Waals surface area contributed by atoms with Gasteiger partial charge < -0.3 is 5.11 Å². The van der Waals surface area contributed by atoms with Crippen LogP contribution in [0, 0.1) is 50.2 Å². The van der Waals surface area contributed by atoms with E-state index in [4.69, 9.17) is 0 Å². The molecule has 1 aromatic heterocycles. The largest absolute Gasteiger partial charge is 0.481 e. The first-order valence-corrected chi connectivity index (χ1v) is 15.6. The van der Waals surface area contributed by atoms with Crippen LogP contribution in [-0.4, -0.2) is 26.8 Å². The number of rotatable bonds is 2. The number of hydrogen-bond donors (Lipinski definition) is 1. The second-order valence-electron chi connectivity index (χ2n) is 16.1. The van der Waals surface area contributed by atoms with E-state index in [-0.39, 0.29) is 27.4 Å². The van der Waals surface area contributed by atoms with Gasteiger partial charge in [-0.1, -0.05) is 53.2 Å². The molecule has 0 aromatic carbocycles. The fourth-order valence-electron chi connectivity index (χ4n) is 11.1. The summed E-state index contributed by atoms with van der Waals surface area (Å²) in [6.45, 7) is 16.3. The van der Waals surface area contributed by atoms with Gasteiger partial charge in [-0.3, -0.25) is 19.6 Å². The Balaban J connectivity index is 1.43. The zero-order valence-corrected chi connectivity index (χ0v) is 25.6. The van der Waals surface area contributed by atoms with Crippen molar-refractivity contribution in [1.29, 1.82) is 0 Å². The van der Waals surface area contributed by atoms with Gasteiger partial charge >= 0.3 is 5.97 Å². The number of nitrogens with zero attached hydrogens (tertiary/aromatic N) is 2. The molecule has 0 amide bonds. The van der Waals surface area contributed by atoms with E-state index in [0.717, 1.165) is 56.2 Å². The molecule has 5 aliphatic carbocycles. The number of aromatic nitrogens is 2. The van der Waals surface area contributed by atoms with Crippen molar-refractivity contribution in [1.82, 2.24) is 9.97 Å². The maximum Gasteiger partial charge on any atom is 0.309 e. The Labute approximate surface area is 240 Å². The first-order chi connectivity index (χ1) is 18.6. The first kappa shape index (κ1) is 27.8. The predicted octanol–water partition coefficient (Wildman–Crippen LogP) is 7.93. The van der Waals surface area contributed by atoms with E-state index >= 15 is 0 Å². The molecule has 0 unspecified atom stereocenters. The van der Waals surface area contributed by atoms with Crippen LogP contribution in [0.2, 0.25) is 0 Å². The lowest BCUT2D eigenvalue weighted by Gasteiger charge is -2.70. The second kappa shape index (κ2) is 8.61. The smallest absolute Gasteiger partial charge is 0.309 e. The van der Waals surface area contributed by atoms with Crippen LogP contribution < -0.4 is 0 Å². The number of ketones is 1. The molecule has 1 heterocycles. The van der Waals surface area contributed by atoms with E-state index < -0.39 is 16.8 Å². The monoisotopic (exact) mass is 544 g/mol. The van der Waals surface area contributed by atoms with Gasteiger partial charge in [0.25, 0.3) is 0 Å². The van der Waals surface area contributed by atoms with Crippen LogP contribution in [-0.2, 0) is 9.59 Å². The van der Waals surface area contributed by atoms with Gasteiger partial charge in [-0.25, -0.2) is 0 Å². The highest BCUT2D eigenvalue weighted by Crippen LogP contribution is 2.75. The van der Waals surface area contributed by atoms with E-state index in [1.807, 2.05) is 13.0 Å². The van der Waals surface area contributed by atoms with Gasteiger partial charge in [0.05, 0.1) is 17.3 Å². The highest BCUT2D eigenvalue weighted by Gasteiger charge is 2.68. The molecule has 0 aliphatic heterocycles. The third-order valence-corrected chi connectivity index (χ3v) is 13.8. The fraction of sp³-hybridized carbons (Fsp3) is 0.714. The van der Waals surface area contributed by atoms with Crippen molar-refractivity contribution in [2.45, 2.75) is 106 Å². The minimum absolute atomic E-state index is 0.00755. The van der Waals surface area contributed by atoms with Gasteiger partial charge in [0.1, 0.15) is 0 Å². The second-order valence-corrected chi connectivity index (χ2v) is 16.1. The summed E-state index contributed by atoms with van der Waals surface area (Å²) in [4.78, 5) is 35.0. The lowest BCUT2D eigenvalue weighted by Crippen LogP contribution is -2.64. The zero-order chi connectivity index (χ0) is 28.9. The number of aliphatic carboxylic acids is 1. The summed E-state index contributed by atoms with van der Waals surface area (Å²) < 4.78 is 0. The lowest BCUT2D eigenvalue weighted by atomic mass is 9.33. The molecule has 4 fully saturated rings. The lowest BCUT2D eigenvalue weighted by molar-refractivity contribution is -0.178. The molecule has 6 rings (SSSR count). The normalized spacial score (nSPS) is 46.9. The molecule has 1 N–H and O–H groups in total. The summed E-state index contributed by atoms with van der Waals surface area (Å²) in [6.07, 6.45) is 18.6. The molecule has 0 spiro atoms. The molecular weight excluding hydrogens is 496 g/mol. The molecule has 4 saturated carbocycles. The maximum absolute atomic E-state index is 13.9.